The van der Waals surface area contributed by atoms with Crippen LogP contribution in [0.5, 0.6) is 5.75 Å². The van der Waals surface area contributed by atoms with Crippen LogP contribution >= 0.6 is 0 Å². The van der Waals surface area contributed by atoms with E-state index in [2.05, 4.69) is 17.1 Å². The van der Waals surface area contributed by atoms with Gasteiger partial charge < -0.3 is 15.2 Å². The number of ether oxygens (including phenoxy) is 1. The van der Waals surface area contributed by atoms with Crippen molar-refractivity contribution >= 4 is 5.91 Å². The number of hydrogen-bond acceptors (Lipinski definition) is 4. The summed E-state index contributed by atoms with van der Waals surface area (Å²) in [5, 5.41) is 12.7. The van der Waals surface area contributed by atoms with Crippen LogP contribution in [0.1, 0.15) is 44.7 Å². The Bertz CT molecular complexity index is 533. The van der Waals surface area contributed by atoms with Gasteiger partial charge in [-0.05, 0) is 50.8 Å². The van der Waals surface area contributed by atoms with Crippen LogP contribution in [0.15, 0.2) is 24.3 Å². The van der Waals surface area contributed by atoms with Gasteiger partial charge in [-0.3, -0.25) is 9.69 Å². The Balaban J connectivity index is 1.85. The maximum atomic E-state index is 12.4. The lowest BCUT2D eigenvalue weighted by atomic mass is 9.77. The van der Waals surface area contributed by atoms with Gasteiger partial charge in [0.05, 0.1) is 19.7 Å². The summed E-state index contributed by atoms with van der Waals surface area (Å²) >= 11 is 0. The van der Waals surface area contributed by atoms with Gasteiger partial charge in [-0.15, -0.1) is 0 Å². The third-order valence-electron chi connectivity index (χ3n) is 5.35. The summed E-state index contributed by atoms with van der Waals surface area (Å²) in [4.78, 5) is 14.5. The average Bonchev–Trinajstić information content (AvgIpc) is 2.62. The zero-order valence-electron chi connectivity index (χ0n) is 15.0. The molecular formula is C19H30N2O3. The van der Waals surface area contributed by atoms with Crippen molar-refractivity contribution in [2.24, 2.45) is 5.41 Å². The summed E-state index contributed by atoms with van der Waals surface area (Å²) in [6.07, 6.45) is 2.90. The molecule has 1 saturated heterocycles. The molecule has 1 fully saturated rings. The smallest absolute Gasteiger partial charge is 0.234 e. The van der Waals surface area contributed by atoms with Crippen LogP contribution < -0.4 is 10.1 Å². The SMILES string of the molecule is CCC1(CO)CCN(CC(=O)NC(C)c2ccccc2OC)CC1. The summed E-state index contributed by atoms with van der Waals surface area (Å²) < 4.78 is 5.36. The number of aliphatic hydroxyl groups is 1. The number of para-hydroxylation sites is 1. The first kappa shape index (κ1) is 18.7. The Morgan fingerprint density at radius 1 is 1.38 bits per heavy atom. The second-order valence-corrected chi connectivity index (χ2v) is 6.82. The first-order valence-electron chi connectivity index (χ1n) is 8.79. The fourth-order valence-electron chi connectivity index (χ4n) is 3.40. The Labute approximate surface area is 145 Å². The second-order valence-electron chi connectivity index (χ2n) is 6.82. The quantitative estimate of drug-likeness (QED) is 0.803. The number of likely N-dealkylation sites (tertiary alicyclic amines) is 1. The molecular weight excluding hydrogens is 304 g/mol. The van der Waals surface area contributed by atoms with Gasteiger partial charge in [-0.25, -0.2) is 0 Å². The van der Waals surface area contributed by atoms with E-state index in [1.54, 1.807) is 7.11 Å². The summed E-state index contributed by atoms with van der Waals surface area (Å²) in [7, 11) is 1.64. The van der Waals surface area contributed by atoms with Crippen LogP contribution in [0, 0.1) is 5.41 Å². The van der Waals surface area contributed by atoms with Crippen molar-refractivity contribution in [2.75, 3.05) is 33.4 Å². The largest absolute Gasteiger partial charge is 0.496 e. The fraction of sp³-hybridized carbons (Fsp3) is 0.632. The van der Waals surface area contributed by atoms with E-state index in [-0.39, 0.29) is 24.0 Å². The number of amides is 1. The fourth-order valence-corrected chi connectivity index (χ4v) is 3.40. The standard InChI is InChI=1S/C19H30N2O3/c1-4-19(14-22)9-11-21(12-10-19)13-18(23)20-15(2)16-7-5-6-8-17(16)24-3/h5-8,15,22H,4,9-14H2,1-3H3,(H,20,23). The van der Waals surface area contributed by atoms with Crippen molar-refractivity contribution < 1.29 is 14.6 Å². The lowest BCUT2D eigenvalue weighted by molar-refractivity contribution is -0.123. The topological polar surface area (TPSA) is 61.8 Å². The molecule has 1 aliphatic heterocycles. The normalized spacial score (nSPS) is 18.8. The van der Waals surface area contributed by atoms with E-state index in [1.165, 1.54) is 0 Å². The minimum absolute atomic E-state index is 0.0291. The number of piperidine rings is 1. The molecule has 1 aromatic rings. The number of rotatable bonds is 7. The summed E-state index contributed by atoms with van der Waals surface area (Å²) in [6, 6.07) is 7.66. The molecule has 1 unspecified atom stereocenters. The molecule has 134 valence electrons. The third kappa shape index (κ3) is 4.48. The maximum absolute atomic E-state index is 12.4. The highest BCUT2D eigenvalue weighted by Crippen LogP contribution is 2.34. The molecule has 5 nitrogen and oxygen atoms in total. The molecule has 1 amide bonds. The highest BCUT2D eigenvalue weighted by atomic mass is 16.5. The van der Waals surface area contributed by atoms with E-state index in [1.807, 2.05) is 31.2 Å². The molecule has 0 aromatic heterocycles. The molecule has 1 atom stereocenters. The van der Waals surface area contributed by atoms with Crippen molar-refractivity contribution in [1.82, 2.24) is 10.2 Å². The van der Waals surface area contributed by atoms with E-state index in [0.717, 1.165) is 43.7 Å². The van der Waals surface area contributed by atoms with Crippen molar-refractivity contribution in [2.45, 2.75) is 39.2 Å². The molecule has 1 aliphatic rings. The number of hydrogen-bond donors (Lipinski definition) is 2. The van der Waals surface area contributed by atoms with Crippen molar-refractivity contribution in [1.29, 1.82) is 0 Å². The highest BCUT2D eigenvalue weighted by Gasteiger charge is 2.32. The van der Waals surface area contributed by atoms with Gasteiger partial charge >= 0.3 is 0 Å². The first-order valence-corrected chi connectivity index (χ1v) is 8.79. The molecule has 0 radical (unpaired) electrons. The molecule has 1 heterocycles. The number of nitrogens with zero attached hydrogens (tertiary/aromatic N) is 1. The van der Waals surface area contributed by atoms with Crippen LogP contribution in [0.25, 0.3) is 0 Å². The third-order valence-corrected chi connectivity index (χ3v) is 5.35. The number of carbonyl (C=O) groups is 1. The van der Waals surface area contributed by atoms with Gasteiger partial charge in [0.2, 0.25) is 5.91 Å². The number of carbonyl (C=O) groups excluding carboxylic acids is 1. The van der Waals surface area contributed by atoms with E-state index in [9.17, 15) is 9.90 Å². The van der Waals surface area contributed by atoms with E-state index >= 15 is 0 Å². The summed E-state index contributed by atoms with van der Waals surface area (Å²) in [5.74, 6) is 0.820. The molecule has 0 aliphatic carbocycles. The van der Waals surface area contributed by atoms with Gasteiger partial charge in [-0.1, -0.05) is 25.1 Å². The molecule has 1 aromatic carbocycles. The lowest BCUT2D eigenvalue weighted by Gasteiger charge is -2.40. The van der Waals surface area contributed by atoms with Gasteiger partial charge in [0.25, 0.3) is 0 Å². The Morgan fingerprint density at radius 2 is 2.04 bits per heavy atom. The number of aliphatic hydroxyl groups excluding tert-OH is 1. The zero-order chi connectivity index (χ0) is 17.6. The van der Waals surface area contributed by atoms with Crippen LogP contribution in [-0.2, 0) is 4.79 Å². The highest BCUT2D eigenvalue weighted by molar-refractivity contribution is 5.78. The minimum Gasteiger partial charge on any atom is -0.496 e. The Kier molecular flexibility index (Phi) is 6.63. The van der Waals surface area contributed by atoms with Crippen LogP contribution in [-0.4, -0.2) is 49.3 Å². The van der Waals surface area contributed by atoms with Gasteiger partial charge in [-0.2, -0.15) is 0 Å². The molecule has 24 heavy (non-hydrogen) atoms. The summed E-state index contributed by atoms with van der Waals surface area (Å²) in [5.41, 5.74) is 1.04. The van der Waals surface area contributed by atoms with Gasteiger partial charge in [0, 0.05) is 12.2 Å². The minimum atomic E-state index is -0.0920. The predicted octanol–water partition coefficient (Wildman–Crippen LogP) is 2.36. The van der Waals surface area contributed by atoms with Crippen molar-refractivity contribution in [3.8, 4) is 5.75 Å². The Hall–Kier alpha value is -1.59. The number of methoxy groups -OCH3 is 1. The van der Waals surface area contributed by atoms with Gasteiger partial charge in [0.15, 0.2) is 0 Å². The first-order chi connectivity index (χ1) is 11.5. The van der Waals surface area contributed by atoms with Crippen molar-refractivity contribution in [3.05, 3.63) is 29.8 Å². The lowest BCUT2D eigenvalue weighted by Crippen LogP contribution is -2.46. The zero-order valence-corrected chi connectivity index (χ0v) is 15.0. The second kappa shape index (κ2) is 8.49. The Morgan fingerprint density at radius 3 is 2.62 bits per heavy atom. The summed E-state index contributed by atoms with van der Waals surface area (Å²) in [6.45, 7) is 6.49. The van der Waals surface area contributed by atoms with E-state index < -0.39 is 0 Å². The van der Waals surface area contributed by atoms with Gasteiger partial charge in [0.1, 0.15) is 5.75 Å². The molecule has 2 N–H and O–H groups in total. The van der Waals surface area contributed by atoms with E-state index in [4.69, 9.17) is 4.74 Å². The van der Waals surface area contributed by atoms with Crippen LogP contribution in [0.4, 0.5) is 0 Å². The maximum Gasteiger partial charge on any atom is 0.234 e. The monoisotopic (exact) mass is 334 g/mol. The van der Waals surface area contributed by atoms with E-state index in [0.29, 0.717) is 6.54 Å². The molecule has 0 bridgehead atoms. The molecule has 0 saturated carbocycles. The number of benzene rings is 1. The van der Waals surface area contributed by atoms with Crippen LogP contribution in [0.3, 0.4) is 0 Å². The molecule has 2 rings (SSSR count). The van der Waals surface area contributed by atoms with Crippen LogP contribution in [0.2, 0.25) is 0 Å². The number of nitrogens with one attached hydrogen (secondary N) is 1. The predicted molar refractivity (Wildman–Crippen MR) is 95.0 cm³/mol. The average molecular weight is 334 g/mol. The van der Waals surface area contributed by atoms with Crippen molar-refractivity contribution in [3.63, 3.8) is 0 Å². The molecule has 5 heteroatoms. The molecule has 0 spiro atoms.